The summed E-state index contributed by atoms with van der Waals surface area (Å²) in [5, 5.41) is 4.73. The summed E-state index contributed by atoms with van der Waals surface area (Å²) in [6, 6.07) is 15.2. The smallest absolute Gasteiger partial charge is 0.242 e. The van der Waals surface area contributed by atoms with Gasteiger partial charge in [-0.05, 0) is 35.9 Å². The van der Waals surface area contributed by atoms with Crippen LogP contribution in [0.5, 0.6) is 0 Å². The minimum atomic E-state index is -0.0534. The van der Waals surface area contributed by atoms with Gasteiger partial charge in [0, 0.05) is 54.4 Å². The van der Waals surface area contributed by atoms with E-state index in [0.717, 1.165) is 24.3 Å². The van der Waals surface area contributed by atoms with Crippen LogP contribution >= 0.6 is 23.2 Å². The van der Waals surface area contributed by atoms with Gasteiger partial charge in [-0.2, -0.15) is 0 Å². The molecular formula is C22H24Cl2N4O2. The average molecular weight is 447 g/mol. The summed E-state index contributed by atoms with van der Waals surface area (Å²) in [6.07, 6.45) is 0.331. The van der Waals surface area contributed by atoms with Crippen molar-refractivity contribution in [2.45, 2.75) is 12.5 Å². The van der Waals surface area contributed by atoms with E-state index in [1.165, 1.54) is 0 Å². The van der Waals surface area contributed by atoms with Gasteiger partial charge in [0.25, 0.3) is 0 Å². The fourth-order valence-electron chi connectivity index (χ4n) is 3.91. The summed E-state index contributed by atoms with van der Waals surface area (Å²) in [5.74, 6) is -0.0274. The van der Waals surface area contributed by atoms with Gasteiger partial charge in [0.1, 0.15) is 6.54 Å². The molecule has 1 N–H and O–H groups in total. The van der Waals surface area contributed by atoms with Crippen molar-refractivity contribution in [1.82, 2.24) is 15.1 Å². The fraction of sp³-hybridized carbons (Fsp3) is 0.364. The second kappa shape index (κ2) is 9.25. The molecule has 2 amide bonds. The molecule has 6 nitrogen and oxygen atoms in total. The molecule has 8 heteroatoms. The number of rotatable bonds is 4. The van der Waals surface area contributed by atoms with Crippen molar-refractivity contribution < 1.29 is 9.59 Å². The second-order valence-corrected chi connectivity index (χ2v) is 8.48. The van der Waals surface area contributed by atoms with Gasteiger partial charge in [-0.3, -0.25) is 14.9 Å². The van der Waals surface area contributed by atoms with Gasteiger partial charge in [-0.1, -0.05) is 41.4 Å². The normalized spacial score (nSPS) is 19.9. The van der Waals surface area contributed by atoms with E-state index in [-0.39, 0.29) is 24.4 Å². The van der Waals surface area contributed by atoms with Gasteiger partial charge in [-0.15, -0.1) is 0 Å². The van der Waals surface area contributed by atoms with Gasteiger partial charge in [0.15, 0.2) is 0 Å². The molecule has 0 aromatic heterocycles. The number of anilines is 1. The molecule has 1 unspecified atom stereocenters. The van der Waals surface area contributed by atoms with E-state index in [9.17, 15) is 9.59 Å². The maximum Gasteiger partial charge on any atom is 0.242 e. The first kappa shape index (κ1) is 21.0. The first-order chi connectivity index (χ1) is 14.5. The van der Waals surface area contributed by atoms with Gasteiger partial charge in [0.05, 0.1) is 6.67 Å². The molecular weight excluding hydrogens is 423 g/mol. The summed E-state index contributed by atoms with van der Waals surface area (Å²) in [4.78, 5) is 31.0. The van der Waals surface area contributed by atoms with Crippen molar-refractivity contribution in [2.75, 3.05) is 44.3 Å². The Bertz CT molecular complexity index is 914. The number of carbonyl (C=O) groups is 2. The van der Waals surface area contributed by atoms with Crippen LogP contribution in [0.15, 0.2) is 48.5 Å². The summed E-state index contributed by atoms with van der Waals surface area (Å²) in [5.41, 5.74) is 2.09. The fourth-order valence-corrected chi connectivity index (χ4v) is 4.22. The first-order valence-electron chi connectivity index (χ1n) is 10.0. The predicted molar refractivity (Wildman–Crippen MR) is 119 cm³/mol. The number of nitrogens with one attached hydrogen (secondary N) is 1. The Labute approximate surface area is 186 Å². The van der Waals surface area contributed by atoms with Gasteiger partial charge >= 0.3 is 0 Å². The quantitative estimate of drug-likeness (QED) is 0.783. The molecule has 2 saturated heterocycles. The lowest BCUT2D eigenvalue weighted by molar-refractivity contribution is -0.143. The molecule has 0 radical (unpaired) electrons. The lowest BCUT2D eigenvalue weighted by Crippen LogP contribution is -2.54. The largest absolute Gasteiger partial charge is 0.368 e. The third-order valence-electron chi connectivity index (χ3n) is 5.66. The van der Waals surface area contributed by atoms with Crippen molar-refractivity contribution in [2.24, 2.45) is 0 Å². The van der Waals surface area contributed by atoms with Crippen LogP contribution in [-0.4, -0.2) is 61.0 Å². The van der Waals surface area contributed by atoms with E-state index in [2.05, 4.69) is 10.2 Å². The molecule has 2 aromatic rings. The summed E-state index contributed by atoms with van der Waals surface area (Å²) in [6.45, 7) is 3.23. The van der Waals surface area contributed by atoms with Crippen molar-refractivity contribution >= 4 is 40.7 Å². The number of amides is 2. The lowest BCUT2D eigenvalue weighted by Gasteiger charge is -2.38. The van der Waals surface area contributed by atoms with Crippen molar-refractivity contribution in [3.8, 4) is 0 Å². The molecule has 2 aromatic carbocycles. The molecule has 158 valence electrons. The van der Waals surface area contributed by atoms with Crippen molar-refractivity contribution in [3.05, 3.63) is 64.1 Å². The van der Waals surface area contributed by atoms with E-state index >= 15 is 0 Å². The Morgan fingerprint density at radius 1 is 1.00 bits per heavy atom. The number of halogens is 2. The van der Waals surface area contributed by atoms with Crippen molar-refractivity contribution in [3.63, 3.8) is 0 Å². The van der Waals surface area contributed by atoms with E-state index in [4.69, 9.17) is 23.2 Å². The van der Waals surface area contributed by atoms with Gasteiger partial charge in [0.2, 0.25) is 11.8 Å². The summed E-state index contributed by atoms with van der Waals surface area (Å²) < 4.78 is 0. The maximum absolute atomic E-state index is 12.7. The van der Waals surface area contributed by atoms with E-state index < -0.39 is 0 Å². The number of hydrogen-bond donors (Lipinski definition) is 1. The third kappa shape index (κ3) is 4.89. The Balaban J connectivity index is 1.27. The molecule has 2 heterocycles. The number of benzene rings is 2. The zero-order valence-corrected chi connectivity index (χ0v) is 18.1. The van der Waals surface area contributed by atoms with Gasteiger partial charge in [-0.25, -0.2) is 0 Å². The minimum absolute atomic E-state index is 0.0131. The predicted octanol–water partition coefficient (Wildman–Crippen LogP) is 3.16. The highest BCUT2D eigenvalue weighted by atomic mass is 35.5. The number of piperazine rings is 1. The van der Waals surface area contributed by atoms with Crippen LogP contribution < -0.4 is 10.2 Å². The van der Waals surface area contributed by atoms with E-state index in [1.54, 1.807) is 4.90 Å². The van der Waals surface area contributed by atoms with Crippen LogP contribution in [0.25, 0.3) is 0 Å². The first-order valence-corrected chi connectivity index (χ1v) is 10.8. The average Bonchev–Trinajstić information content (AvgIpc) is 2.76. The minimum Gasteiger partial charge on any atom is -0.368 e. The van der Waals surface area contributed by atoms with E-state index in [0.29, 0.717) is 36.2 Å². The van der Waals surface area contributed by atoms with Gasteiger partial charge < -0.3 is 14.7 Å². The Morgan fingerprint density at radius 2 is 1.73 bits per heavy atom. The number of carbonyl (C=O) groups excluding carboxylic acids is 2. The monoisotopic (exact) mass is 446 g/mol. The highest BCUT2D eigenvalue weighted by Gasteiger charge is 2.30. The summed E-state index contributed by atoms with van der Waals surface area (Å²) in [7, 11) is 0. The highest BCUT2D eigenvalue weighted by Crippen LogP contribution is 2.24. The SMILES string of the molecule is O=C(CN1CNC(c2ccc(Cl)cc2)CC1=O)N1CCN(c2cccc(Cl)c2)CC1. The maximum atomic E-state index is 12.7. The molecule has 0 spiro atoms. The Morgan fingerprint density at radius 3 is 2.40 bits per heavy atom. The van der Waals surface area contributed by atoms with Crippen LogP contribution in [0.1, 0.15) is 18.0 Å². The Hall–Kier alpha value is -2.28. The lowest BCUT2D eigenvalue weighted by atomic mass is 10.0. The molecule has 0 saturated carbocycles. The summed E-state index contributed by atoms with van der Waals surface area (Å²) >= 11 is 12.0. The molecule has 30 heavy (non-hydrogen) atoms. The molecule has 1 atom stereocenters. The second-order valence-electron chi connectivity index (χ2n) is 7.61. The van der Waals surface area contributed by atoms with Crippen LogP contribution in [0.3, 0.4) is 0 Å². The third-order valence-corrected chi connectivity index (χ3v) is 6.15. The van der Waals surface area contributed by atoms with Crippen LogP contribution in [0.4, 0.5) is 5.69 Å². The molecule has 4 rings (SSSR count). The molecule has 0 bridgehead atoms. The zero-order chi connectivity index (χ0) is 21.1. The highest BCUT2D eigenvalue weighted by molar-refractivity contribution is 6.31. The van der Waals surface area contributed by atoms with Crippen LogP contribution in [0.2, 0.25) is 10.0 Å². The number of nitrogens with zero attached hydrogens (tertiary/aromatic N) is 3. The number of hydrogen-bond acceptors (Lipinski definition) is 4. The zero-order valence-electron chi connectivity index (χ0n) is 16.6. The molecule has 2 aliphatic rings. The van der Waals surface area contributed by atoms with Crippen molar-refractivity contribution in [1.29, 1.82) is 0 Å². The molecule has 2 fully saturated rings. The van der Waals surface area contributed by atoms with E-state index in [1.807, 2.05) is 53.4 Å². The topological polar surface area (TPSA) is 55.9 Å². The van der Waals surface area contributed by atoms with Crippen LogP contribution in [0, 0.1) is 0 Å². The standard InChI is InChI=1S/C22H24Cl2N4O2/c23-17-6-4-16(5-7-17)20-13-21(29)28(15-25-20)14-22(30)27-10-8-26(9-11-27)19-3-1-2-18(24)12-19/h1-7,12,20,25H,8-11,13-15H2. The van der Waals surface area contributed by atoms with Crippen LogP contribution in [-0.2, 0) is 9.59 Å². The molecule has 2 aliphatic heterocycles. The Kier molecular flexibility index (Phi) is 6.46. The molecule has 0 aliphatic carbocycles.